The van der Waals surface area contributed by atoms with Gasteiger partial charge in [0.2, 0.25) is 0 Å². The van der Waals surface area contributed by atoms with Gasteiger partial charge in [-0.15, -0.1) is 0 Å². The van der Waals surface area contributed by atoms with E-state index in [1.54, 1.807) is 0 Å². The Labute approximate surface area is 136 Å². The first-order chi connectivity index (χ1) is 9.63. The highest BCUT2D eigenvalue weighted by Crippen LogP contribution is 2.35. The maximum Gasteiger partial charge on any atom is 0.126 e. The third kappa shape index (κ3) is 2.95. The first-order valence-electron chi connectivity index (χ1n) is 6.51. The van der Waals surface area contributed by atoms with Gasteiger partial charge >= 0.3 is 0 Å². The molecule has 0 saturated heterocycles. The van der Waals surface area contributed by atoms with E-state index in [0.29, 0.717) is 18.1 Å². The quantitative estimate of drug-likeness (QED) is 0.784. The molecule has 2 nitrogen and oxygen atoms in total. The van der Waals surface area contributed by atoms with E-state index in [2.05, 4.69) is 22.6 Å². The smallest absolute Gasteiger partial charge is 0.126 e. The van der Waals surface area contributed by atoms with Gasteiger partial charge in [0.15, 0.2) is 0 Å². The Balaban J connectivity index is 1.88. The number of fused-ring (bicyclic) bond motifs is 1. The predicted octanol–water partition coefficient (Wildman–Crippen LogP) is 4.16. The summed E-state index contributed by atoms with van der Waals surface area (Å²) in [6, 6.07) is 11.7. The highest BCUT2D eigenvalue weighted by molar-refractivity contribution is 14.1. The van der Waals surface area contributed by atoms with Crippen molar-refractivity contribution in [3.8, 4) is 5.75 Å². The molecule has 1 heterocycles. The molecule has 4 heteroatoms. The average Bonchev–Trinajstić information content (AvgIpc) is 2.86. The van der Waals surface area contributed by atoms with Crippen LogP contribution in [0, 0.1) is 3.57 Å². The lowest BCUT2D eigenvalue weighted by Crippen LogP contribution is -2.03. The van der Waals surface area contributed by atoms with Crippen molar-refractivity contribution in [3.05, 3.63) is 61.7 Å². The summed E-state index contributed by atoms with van der Waals surface area (Å²) in [6.07, 6.45) is 0.863. The third-order valence-electron chi connectivity index (χ3n) is 3.47. The van der Waals surface area contributed by atoms with Crippen molar-refractivity contribution >= 4 is 34.2 Å². The van der Waals surface area contributed by atoms with Crippen molar-refractivity contribution < 1.29 is 9.84 Å². The third-order valence-corrected chi connectivity index (χ3v) is 4.36. The van der Waals surface area contributed by atoms with Crippen LogP contribution in [0.2, 0.25) is 5.02 Å². The first kappa shape index (κ1) is 14.2. The molecule has 1 N–H and O–H groups in total. The molecule has 0 fully saturated rings. The summed E-state index contributed by atoms with van der Waals surface area (Å²) in [5, 5.41) is 11.1. The van der Waals surface area contributed by atoms with Gasteiger partial charge in [0.05, 0.1) is 12.7 Å². The Morgan fingerprint density at radius 2 is 2.15 bits per heavy atom. The van der Waals surface area contributed by atoms with Crippen LogP contribution < -0.4 is 4.74 Å². The monoisotopic (exact) mass is 400 g/mol. The molecular formula is C16H14ClIO2. The second-order valence-corrected chi connectivity index (χ2v) is 6.61. The zero-order chi connectivity index (χ0) is 14.1. The number of rotatable bonds is 3. The van der Waals surface area contributed by atoms with Gasteiger partial charge in [-0.05, 0) is 63.5 Å². The molecule has 0 saturated carbocycles. The van der Waals surface area contributed by atoms with E-state index in [9.17, 15) is 5.11 Å². The summed E-state index contributed by atoms with van der Waals surface area (Å²) < 4.78 is 6.79. The van der Waals surface area contributed by atoms with Crippen LogP contribution in [-0.2, 0) is 12.8 Å². The topological polar surface area (TPSA) is 29.5 Å². The molecule has 0 amide bonds. The molecular weight excluding hydrogens is 387 g/mol. The number of ether oxygens (including phenoxy) is 1. The Morgan fingerprint density at radius 3 is 2.95 bits per heavy atom. The minimum Gasteiger partial charge on any atom is -0.493 e. The SMILES string of the molecule is OC(Cc1cc(Cl)cc2c1OCC2)c1cccc(I)c1. The van der Waals surface area contributed by atoms with Gasteiger partial charge in [-0.25, -0.2) is 0 Å². The zero-order valence-corrected chi connectivity index (χ0v) is 13.7. The maximum atomic E-state index is 10.4. The molecule has 1 aliphatic heterocycles. The van der Waals surface area contributed by atoms with Gasteiger partial charge in [0.1, 0.15) is 5.75 Å². The Hall–Kier alpha value is -0.780. The molecule has 0 aliphatic carbocycles. The summed E-state index contributed by atoms with van der Waals surface area (Å²) in [6.45, 7) is 0.696. The number of hydrogen-bond donors (Lipinski definition) is 1. The van der Waals surface area contributed by atoms with Crippen LogP contribution in [0.1, 0.15) is 22.8 Å². The zero-order valence-electron chi connectivity index (χ0n) is 10.8. The second kappa shape index (κ2) is 5.92. The number of hydrogen-bond acceptors (Lipinski definition) is 2. The number of aliphatic hydroxyl groups is 1. The molecule has 0 aromatic heterocycles. The lowest BCUT2D eigenvalue weighted by Gasteiger charge is -2.14. The molecule has 104 valence electrons. The van der Waals surface area contributed by atoms with Crippen molar-refractivity contribution in [1.29, 1.82) is 0 Å². The van der Waals surface area contributed by atoms with Crippen LogP contribution in [-0.4, -0.2) is 11.7 Å². The van der Waals surface area contributed by atoms with Crippen LogP contribution >= 0.6 is 34.2 Å². The summed E-state index contributed by atoms with van der Waals surface area (Å²) in [7, 11) is 0. The molecule has 1 aliphatic rings. The minimum atomic E-state index is -0.545. The minimum absolute atomic E-state index is 0.517. The van der Waals surface area contributed by atoms with E-state index in [4.69, 9.17) is 16.3 Å². The van der Waals surface area contributed by atoms with Crippen LogP contribution in [0.15, 0.2) is 36.4 Å². The normalized spacial score (nSPS) is 14.8. The molecule has 0 bridgehead atoms. The maximum absolute atomic E-state index is 10.4. The summed E-state index contributed by atoms with van der Waals surface area (Å²) in [5.41, 5.74) is 3.04. The van der Waals surface area contributed by atoms with E-state index < -0.39 is 6.10 Å². The van der Waals surface area contributed by atoms with Gasteiger partial charge in [0, 0.05) is 21.4 Å². The second-order valence-electron chi connectivity index (χ2n) is 4.93. The molecule has 0 radical (unpaired) electrons. The Kier molecular flexibility index (Phi) is 4.19. The van der Waals surface area contributed by atoms with E-state index in [1.165, 1.54) is 0 Å². The van der Waals surface area contributed by atoms with Gasteiger partial charge in [-0.2, -0.15) is 0 Å². The predicted molar refractivity (Wildman–Crippen MR) is 88.5 cm³/mol. The molecule has 3 rings (SSSR count). The lowest BCUT2D eigenvalue weighted by atomic mass is 9.99. The summed E-state index contributed by atoms with van der Waals surface area (Å²) >= 11 is 8.39. The average molecular weight is 401 g/mol. The number of halogens is 2. The highest BCUT2D eigenvalue weighted by atomic mass is 127. The van der Waals surface area contributed by atoms with E-state index in [0.717, 1.165) is 32.4 Å². The fourth-order valence-electron chi connectivity index (χ4n) is 2.54. The van der Waals surface area contributed by atoms with Crippen molar-refractivity contribution in [2.45, 2.75) is 18.9 Å². The number of benzene rings is 2. The molecule has 1 unspecified atom stereocenters. The van der Waals surface area contributed by atoms with Crippen molar-refractivity contribution in [3.63, 3.8) is 0 Å². The van der Waals surface area contributed by atoms with E-state index in [1.807, 2.05) is 36.4 Å². The van der Waals surface area contributed by atoms with Gasteiger partial charge in [-0.3, -0.25) is 0 Å². The molecule has 20 heavy (non-hydrogen) atoms. The van der Waals surface area contributed by atoms with Crippen LogP contribution in [0.3, 0.4) is 0 Å². The van der Waals surface area contributed by atoms with Gasteiger partial charge in [0.25, 0.3) is 0 Å². The summed E-state index contributed by atoms with van der Waals surface area (Å²) in [4.78, 5) is 0. The molecule has 2 aromatic rings. The van der Waals surface area contributed by atoms with E-state index >= 15 is 0 Å². The van der Waals surface area contributed by atoms with Gasteiger partial charge in [-0.1, -0.05) is 23.7 Å². The summed E-state index contributed by atoms with van der Waals surface area (Å²) in [5.74, 6) is 0.902. The molecule has 0 spiro atoms. The largest absolute Gasteiger partial charge is 0.493 e. The lowest BCUT2D eigenvalue weighted by molar-refractivity contribution is 0.177. The van der Waals surface area contributed by atoms with Gasteiger partial charge < -0.3 is 9.84 Å². The molecule has 1 atom stereocenters. The van der Waals surface area contributed by atoms with Crippen LogP contribution in [0.4, 0.5) is 0 Å². The van der Waals surface area contributed by atoms with Crippen LogP contribution in [0.25, 0.3) is 0 Å². The standard InChI is InChI=1S/C16H14ClIO2/c17-13-6-11-4-5-20-16(11)12(7-13)9-15(19)10-2-1-3-14(18)8-10/h1-3,6-8,15,19H,4-5,9H2. The fraction of sp³-hybridized carbons (Fsp3) is 0.250. The van der Waals surface area contributed by atoms with Crippen molar-refractivity contribution in [1.82, 2.24) is 0 Å². The highest BCUT2D eigenvalue weighted by Gasteiger charge is 2.20. The van der Waals surface area contributed by atoms with Crippen molar-refractivity contribution in [2.24, 2.45) is 0 Å². The number of aliphatic hydroxyl groups excluding tert-OH is 1. The van der Waals surface area contributed by atoms with Crippen molar-refractivity contribution in [2.75, 3.05) is 6.61 Å². The van der Waals surface area contributed by atoms with Crippen LogP contribution in [0.5, 0.6) is 5.75 Å². The Morgan fingerprint density at radius 1 is 1.30 bits per heavy atom. The fourth-order valence-corrected chi connectivity index (χ4v) is 3.37. The Bertz CT molecular complexity index is 642. The van der Waals surface area contributed by atoms with E-state index in [-0.39, 0.29) is 0 Å². The first-order valence-corrected chi connectivity index (χ1v) is 7.97. The molecule has 2 aromatic carbocycles.